The zero-order valence-electron chi connectivity index (χ0n) is 7.68. The largest absolute Gasteiger partial charge is 0.505 e. The van der Waals surface area contributed by atoms with Crippen molar-refractivity contribution in [2.24, 2.45) is 0 Å². The number of hydrogen-bond donors (Lipinski definition) is 1. The Hall–Kier alpha value is -1.97. The molecular formula is C10H9N3O. The summed E-state index contributed by atoms with van der Waals surface area (Å²) in [5.41, 5.74) is 1.19. The molecular weight excluding hydrogens is 178 g/mol. The lowest BCUT2D eigenvalue weighted by Crippen LogP contribution is -1.90. The second-order valence-electron chi connectivity index (χ2n) is 2.86. The van der Waals surface area contributed by atoms with E-state index >= 15 is 0 Å². The molecule has 0 aromatic carbocycles. The maximum absolute atomic E-state index is 9.71. The predicted octanol–water partition coefficient (Wildman–Crippen LogP) is 1.55. The van der Waals surface area contributed by atoms with Gasteiger partial charge in [0.05, 0.1) is 11.3 Å². The number of pyridine rings is 1. The number of aromatic hydroxyl groups is 1. The number of nitrogens with zero attached hydrogens (tertiary/aromatic N) is 3. The molecule has 0 amide bonds. The first-order chi connectivity index (χ1) is 6.79. The van der Waals surface area contributed by atoms with Gasteiger partial charge in [-0.3, -0.25) is 4.98 Å². The van der Waals surface area contributed by atoms with Gasteiger partial charge < -0.3 is 5.11 Å². The van der Waals surface area contributed by atoms with Crippen molar-refractivity contribution >= 4 is 0 Å². The van der Waals surface area contributed by atoms with E-state index in [2.05, 4.69) is 15.0 Å². The van der Waals surface area contributed by atoms with Gasteiger partial charge >= 0.3 is 0 Å². The Bertz CT molecular complexity index is 442. The average molecular weight is 187 g/mol. The summed E-state index contributed by atoms with van der Waals surface area (Å²) in [6.45, 7) is 1.74. The average Bonchev–Trinajstić information content (AvgIpc) is 2.23. The molecule has 0 unspecified atom stereocenters. The molecule has 0 spiro atoms. The summed E-state index contributed by atoms with van der Waals surface area (Å²) < 4.78 is 0. The highest BCUT2D eigenvalue weighted by atomic mass is 16.3. The van der Waals surface area contributed by atoms with Crippen LogP contribution in [0.4, 0.5) is 0 Å². The van der Waals surface area contributed by atoms with E-state index < -0.39 is 0 Å². The van der Waals surface area contributed by atoms with E-state index in [1.165, 1.54) is 0 Å². The molecule has 14 heavy (non-hydrogen) atoms. The molecule has 4 heteroatoms. The minimum atomic E-state index is 0.138. The monoisotopic (exact) mass is 187 g/mol. The zero-order chi connectivity index (χ0) is 9.97. The minimum absolute atomic E-state index is 0.138. The Morgan fingerprint density at radius 3 is 2.50 bits per heavy atom. The second-order valence-corrected chi connectivity index (χ2v) is 2.86. The summed E-state index contributed by atoms with van der Waals surface area (Å²) in [5, 5.41) is 9.71. The van der Waals surface area contributed by atoms with Crippen molar-refractivity contribution in [1.29, 1.82) is 0 Å². The summed E-state index contributed by atoms with van der Waals surface area (Å²) >= 11 is 0. The summed E-state index contributed by atoms with van der Waals surface area (Å²) in [5.74, 6) is 0.647. The van der Waals surface area contributed by atoms with Crippen molar-refractivity contribution < 1.29 is 5.11 Å². The van der Waals surface area contributed by atoms with Gasteiger partial charge in [-0.25, -0.2) is 9.97 Å². The maximum Gasteiger partial charge on any atom is 0.162 e. The second kappa shape index (κ2) is 3.41. The van der Waals surface area contributed by atoms with Crippen LogP contribution in [0.3, 0.4) is 0 Å². The van der Waals surface area contributed by atoms with Crippen LogP contribution in [0.1, 0.15) is 5.69 Å². The molecule has 0 fully saturated rings. The molecule has 0 bridgehead atoms. The van der Waals surface area contributed by atoms with E-state index in [0.29, 0.717) is 17.1 Å². The summed E-state index contributed by atoms with van der Waals surface area (Å²) in [4.78, 5) is 12.1. The quantitative estimate of drug-likeness (QED) is 0.735. The van der Waals surface area contributed by atoms with E-state index in [0.717, 1.165) is 0 Å². The van der Waals surface area contributed by atoms with E-state index in [1.807, 2.05) is 0 Å². The normalized spacial score (nSPS) is 10.1. The molecule has 4 nitrogen and oxygen atoms in total. The third kappa shape index (κ3) is 1.42. The van der Waals surface area contributed by atoms with Crippen LogP contribution in [0.5, 0.6) is 5.75 Å². The summed E-state index contributed by atoms with van der Waals surface area (Å²) in [7, 11) is 0. The van der Waals surface area contributed by atoms with Crippen molar-refractivity contribution in [2.45, 2.75) is 6.92 Å². The van der Waals surface area contributed by atoms with Gasteiger partial charge in [0.25, 0.3) is 0 Å². The molecule has 70 valence electrons. The highest BCUT2D eigenvalue weighted by Crippen LogP contribution is 2.26. The van der Waals surface area contributed by atoms with Crippen LogP contribution in [0.25, 0.3) is 11.4 Å². The molecule has 0 atom stereocenters. The topological polar surface area (TPSA) is 58.9 Å². The molecule has 2 heterocycles. The lowest BCUT2D eigenvalue weighted by molar-refractivity contribution is 0.469. The van der Waals surface area contributed by atoms with Gasteiger partial charge in [0, 0.05) is 18.6 Å². The van der Waals surface area contributed by atoms with Crippen LogP contribution in [-0.4, -0.2) is 20.1 Å². The molecule has 0 saturated carbocycles. The van der Waals surface area contributed by atoms with Gasteiger partial charge in [0.2, 0.25) is 0 Å². The van der Waals surface area contributed by atoms with E-state index in [9.17, 15) is 5.11 Å². The Labute approximate surface area is 81.3 Å². The molecule has 1 N–H and O–H groups in total. The van der Waals surface area contributed by atoms with Crippen molar-refractivity contribution in [2.75, 3.05) is 0 Å². The highest BCUT2D eigenvalue weighted by molar-refractivity contribution is 5.63. The fraction of sp³-hybridized carbons (Fsp3) is 0.100. The Kier molecular flexibility index (Phi) is 2.10. The van der Waals surface area contributed by atoms with Crippen molar-refractivity contribution in [3.63, 3.8) is 0 Å². The third-order valence-corrected chi connectivity index (χ3v) is 1.91. The lowest BCUT2D eigenvalue weighted by Gasteiger charge is -2.03. The fourth-order valence-electron chi connectivity index (χ4n) is 1.18. The Morgan fingerprint density at radius 2 is 1.79 bits per heavy atom. The van der Waals surface area contributed by atoms with E-state index in [1.54, 1.807) is 37.6 Å². The van der Waals surface area contributed by atoms with Gasteiger partial charge in [-0.2, -0.15) is 0 Å². The Balaban J connectivity index is 2.58. The zero-order valence-corrected chi connectivity index (χ0v) is 7.68. The number of hydrogen-bond acceptors (Lipinski definition) is 4. The van der Waals surface area contributed by atoms with Crippen LogP contribution in [0.15, 0.2) is 30.7 Å². The van der Waals surface area contributed by atoms with Gasteiger partial charge in [0.1, 0.15) is 5.75 Å². The van der Waals surface area contributed by atoms with Crippen molar-refractivity contribution in [1.82, 2.24) is 15.0 Å². The van der Waals surface area contributed by atoms with Gasteiger partial charge in [-0.05, 0) is 19.1 Å². The van der Waals surface area contributed by atoms with Crippen LogP contribution in [0, 0.1) is 6.92 Å². The maximum atomic E-state index is 9.71. The first-order valence-corrected chi connectivity index (χ1v) is 4.21. The van der Waals surface area contributed by atoms with Crippen LogP contribution in [0.2, 0.25) is 0 Å². The molecule has 2 aromatic rings. The van der Waals surface area contributed by atoms with Gasteiger partial charge in [-0.15, -0.1) is 0 Å². The van der Waals surface area contributed by atoms with Crippen LogP contribution < -0.4 is 0 Å². The molecule has 0 aliphatic carbocycles. The molecule has 2 aromatic heterocycles. The Morgan fingerprint density at radius 1 is 1.07 bits per heavy atom. The smallest absolute Gasteiger partial charge is 0.162 e. The van der Waals surface area contributed by atoms with Crippen molar-refractivity contribution in [3.8, 4) is 17.1 Å². The van der Waals surface area contributed by atoms with E-state index in [4.69, 9.17) is 0 Å². The number of rotatable bonds is 1. The van der Waals surface area contributed by atoms with Gasteiger partial charge in [0.15, 0.2) is 5.82 Å². The summed E-state index contributed by atoms with van der Waals surface area (Å²) in [6.07, 6.45) is 4.90. The molecule has 0 aliphatic rings. The number of aromatic nitrogens is 3. The number of aryl methyl sites for hydroxylation is 1. The van der Waals surface area contributed by atoms with Crippen LogP contribution >= 0.6 is 0 Å². The SMILES string of the molecule is Cc1nccc(-c2ncccn2)c1O. The lowest BCUT2D eigenvalue weighted by atomic mass is 10.2. The molecule has 0 aliphatic heterocycles. The third-order valence-electron chi connectivity index (χ3n) is 1.91. The highest BCUT2D eigenvalue weighted by Gasteiger charge is 2.08. The van der Waals surface area contributed by atoms with E-state index in [-0.39, 0.29) is 5.75 Å². The molecule has 0 saturated heterocycles. The predicted molar refractivity (Wildman–Crippen MR) is 51.7 cm³/mol. The summed E-state index contributed by atoms with van der Waals surface area (Å²) in [6, 6.07) is 3.42. The molecule has 0 radical (unpaired) electrons. The van der Waals surface area contributed by atoms with Crippen molar-refractivity contribution in [3.05, 3.63) is 36.4 Å². The fourth-order valence-corrected chi connectivity index (χ4v) is 1.18. The molecule has 2 rings (SSSR count). The first-order valence-electron chi connectivity index (χ1n) is 4.21. The minimum Gasteiger partial charge on any atom is -0.505 e. The standard InChI is InChI=1S/C10H9N3O/c1-7-9(14)8(3-6-11-7)10-12-4-2-5-13-10/h2-6,14H,1H3. The van der Waals surface area contributed by atoms with Crippen LogP contribution in [-0.2, 0) is 0 Å². The van der Waals surface area contributed by atoms with Gasteiger partial charge in [-0.1, -0.05) is 0 Å². The first kappa shape index (κ1) is 8.62.